The summed E-state index contributed by atoms with van der Waals surface area (Å²) >= 11 is 0. The second-order valence-electron chi connectivity index (χ2n) is 7.47. The lowest BCUT2D eigenvalue weighted by molar-refractivity contribution is -0.0755. The molecule has 1 aliphatic carbocycles. The van der Waals surface area contributed by atoms with Crippen molar-refractivity contribution in [3.63, 3.8) is 0 Å². The summed E-state index contributed by atoms with van der Waals surface area (Å²) in [6.07, 6.45) is 15.9. The SMILES string of the molecule is CC1(C)COCCN1C1CCCCCCCCCCC1. The molecular weight excluding hydrogens is 246 g/mol. The van der Waals surface area contributed by atoms with Crippen molar-refractivity contribution in [2.75, 3.05) is 19.8 Å². The van der Waals surface area contributed by atoms with Crippen LogP contribution in [0.5, 0.6) is 0 Å². The first kappa shape index (κ1) is 16.3. The Hall–Kier alpha value is -0.0800. The standard InChI is InChI=1S/C18H35NO/c1-18(2)16-20-15-14-19(18)17-12-10-8-6-4-3-5-7-9-11-13-17/h17H,3-16H2,1-2H3. The van der Waals surface area contributed by atoms with Crippen LogP contribution in [0.25, 0.3) is 0 Å². The molecule has 1 saturated carbocycles. The second-order valence-corrected chi connectivity index (χ2v) is 7.47. The summed E-state index contributed by atoms with van der Waals surface area (Å²) in [6, 6.07) is 0.799. The molecule has 118 valence electrons. The van der Waals surface area contributed by atoms with Gasteiger partial charge in [-0.1, -0.05) is 57.8 Å². The molecule has 20 heavy (non-hydrogen) atoms. The van der Waals surface area contributed by atoms with Crippen molar-refractivity contribution in [1.82, 2.24) is 4.90 Å². The van der Waals surface area contributed by atoms with E-state index < -0.39 is 0 Å². The van der Waals surface area contributed by atoms with E-state index in [1.54, 1.807) is 0 Å². The zero-order valence-corrected chi connectivity index (χ0v) is 13.8. The van der Waals surface area contributed by atoms with Crippen LogP contribution in [0.1, 0.15) is 84.5 Å². The number of hydrogen-bond acceptors (Lipinski definition) is 2. The lowest BCUT2D eigenvalue weighted by Crippen LogP contribution is -2.57. The molecule has 0 spiro atoms. The van der Waals surface area contributed by atoms with Gasteiger partial charge in [0.05, 0.1) is 13.2 Å². The van der Waals surface area contributed by atoms with E-state index in [1.165, 1.54) is 70.6 Å². The van der Waals surface area contributed by atoms with Crippen LogP contribution in [-0.2, 0) is 4.74 Å². The summed E-state index contributed by atoms with van der Waals surface area (Å²) in [5.41, 5.74) is 0.236. The Labute approximate surface area is 126 Å². The molecule has 2 rings (SSSR count). The number of morpholine rings is 1. The Morgan fingerprint density at radius 1 is 0.800 bits per heavy atom. The highest BCUT2D eigenvalue weighted by Gasteiger charge is 2.34. The maximum Gasteiger partial charge on any atom is 0.0645 e. The average Bonchev–Trinajstić information content (AvgIpc) is 2.40. The van der Waals surface area contributed by atoms with Gasteiger partial charge in [-0.15, -0.1) is 0 Å². The zero-order valence-electron chi connectivity index (χ0n) is 13.8. The van der Waals surface area contributed by atoms with E-state index in [-0.39, 0.29) is 5.54 Å². The van der Waals surface area contributed by atoms with Crippen molar-refractivity contribution in [3.05, 3.63) is 0 Å². The third kappa shape index (κ3) is 5.04. The number of ether oxygens (including phenoxy) is 1. The number of hydrogen-bond donors (Lipinski definition) is 0. The lowest BCUT2D eigenvalue weighted by atomic mass is 9.92. The largest absolute Gasteiger partial charge is 0.378 e. The summed E-state index contributed by atoms with van der Waals surface area (Å²) in [7, 11) is 0. The maximum absolute atomic E-state index is 5.70. The third-order valence-corrected chi connectivity index (χ3v) is 5.22. The summed E-state index contributed by atoms with van der Waals surface area (Å²) in [6.45, 7) is 7.70. The predicted molar refractivity (Wildman–Crippen MR) is 86.2 cm³/mol. The van der Waals surface area contributed by atoms with Crippen LogP contribution in [-0.4, -0.2) is 36.2 Å². The molecule has 2 heteroatoms. The Morgan fingerprint density at radius 2 is 1.30 bits per heavy atom. The van der Waals surface area contributed by atoms with Gasteiger partial charge in [0.2, 0.25) is 0 Å². The van der Waals surface area contributed by atoms with E-state index >= 15 is 0 Å². The van der Waals surface area contributed by atoms with E-state index in [0.717, 1.165) is 25.8 Å². The van der Waals surface area contributed by atoms with Crippen molar-refractivity contribution >= 4 is 0 Å². The molecule has 0 aromatic heterocycles. The highest BCUT2D eigenvalue weighted by atomic mass is 16.5. The Balaban J connectivity index is 1.90. The van der Waals surface area contributed by atoms with Crippen LogP contribution in [0.15, 0.2) is 0 Å². The van der Waals surface area contributed by atoms with Crippen molar-refractivity contribution in [2.24, 2.45) is 0 Å². The summed E-state index contributed by atoms with van der Waals surface area (Å²) in [5, 5.41) is 0. The molecule has 0 aromatic rings. The Kier molecular flexibility index (Phi) is 6.83. The van der Waals surface area contributed by atoms with Gasteiger partial charge >= 0.3 is 0 Å². The molecule has 2 fully saturated rings. The highest BCUT2D eigenvalue weighted by Crippen LogP contribution is 2.28. The molecule has 0 radical (unpaired) electrons. The fraction of sp³-hybridized carbons (Fsp3) is 1.00. The first-order chi connectivity index (χ1) is 9.70. The molecule has 0 bridgehead atoms. The van der Waals surface area contributed by atoms with E-state index in [9.17, 15) is 0 Å². The van der Waals surface area contributed by atoms with Crippen LogP contribution in [0.2, 0.25) is 0 Å². The van der Waals surface area contributed by atoms with Crippen LogP contribution in [0.4, 0.5) is 0 Å². The molecule has 1 heterocycles. The van der Waals surface area contributed by atoms with Crippen molar-refractivity contribution in [3.8, 4) is 0 Å². The third-order valence-electron chi connectivity index (χ3n) is 5.22. The number of rotatable bonds is 1. The molecule has 2 aliphatic rings. The van der Waals surface area contributed by atoms with Crippen molar-refractivity contribution in [2.45, 2.75) is 96.1 Å². The summed E-state index contributed by atoms with van der Waals surface area (Å²) in [4.78, 5) is 2.77. The van der Waals surface area contributed by atoms with Crippen LogP contribution < -0.4 is 0 Å². The maximum atomic E-state index is 5.70. The lowest BCUT2D eigenvalue weighted by Gasteiger charge is -2.47. The minimum atomic E-state index is 0.236. The minimum absolute atomic E-state index is 0.236. The molecule has 0 aromatic carbocycles. The average molecular weight is 281 g/mol. The van der Waals surface area contributed by atoms with E-state index in [0.29, 0.717) is 0 Å². The normalized spacial score (nSPS) is 28.5. The van der Waals surface area contributed by atoms with Gasteiger partial charge in [-0.25, -0.2) is 0 Å². The molecule has 2 nitrogen and oxygen atoms in total. The number of nitrogens with zero attached hydrogens (tertiary/aromatic N) is 1. The quantitative estimate of drug-likeness (QED) is 0.686. The monoisotopic (exact) mass is 281 g/mol. The molecule has 0 atom stereocenters. The zero-order chi connectivity index (χ0) is 14.3. The van der Waals surface area contributed by atoms with Gasteiger partial charge in [0.1, 0.15) is 0 Å². The first-order valence-electron chi connectivity index (χ1n) is 9.05. The van der Waals surface area contributed by atoms with Crippen LogP contribution >= 0.6 is 0 Å². The fourth-order valence-corrected chi connectivity index (χ4v) is 4.00. The molecular formula is C18H35NO. The summed E-state index contributed by atoms with van der Waals surface area (Å²) < 4.78 is 5.70. The minimum Gasteiger partial charge on any atom is -0.378 e. The molecule has 1 saturated heterocycles. The molecule has 1 aliphatic heterocycles. The van der Waals surface area contributed by atoms with Gasteiger partial charge in [-0.2, -0.15) is 0 Å². The Morgan fingerprint density at radius 3 is 1.80 bits per heavy atom. The summed E-state index contributed by atoms with van der Waals surface area (Å²) in [5.74, 6) is 0. The topological polar surface area (TPSA) is 12.5 Å². The van der Waals surface area contributed by atoms with E-state index in [1.807, 2.05) is 0 Å². The van der Waals surface area contributed by atoms with Crippen LogP contribution in [0.3, 0.4) is 0 Å². The van der Waals surface area contributed by atoms with Gasteiger partial charge in [-0.05, 0) is 26.7 Å². The van der Waals surface area contributed by atoms with Gasteiger partial charge in [-0.3, -0.25) is 4.90 Å². The molecule has 0 unspecified atom stereocenters. The van der Waals surface area contributed by atoms with E-state index in [2.05, 4.69) is 18.7 Å². The van der Waals surface area contributed by atoms with Gasteiger partial charge in [0.25, 0.3) is 0 Å². The molecule has 0 N–H and O–H groups in total. The van der Waals surface area contributed by atoms with Crippen molar-refractivity contribution in [1.29, 1.82) is 0 Å². The fourth-order valence-electron chi connectivity index (χ4n) is 4.00. The smallest absolute Gasteiger partial charge is 0.0645 e. The van der Waals surface area contributed by atoms with Gasteiger partial charge < -0.3 is 4.74 Å². The van der Waals surface area contributed by atoms with Gasteiger partial charge in [0.15, 0.2) is 0 Å². The van der Waals surface area contributed by atoms with E-state index in [4.69, 9.17) is 4.74 Å². The first-order valence-corrected chi connectivity index (χ1v) is 9.05. The van der Waals surface area contributed by atoms with Crippen LogP contribution in [0, 0.1) is 0 Å². The molecule has 0 amide bonds. The second kappa shape index (κ2) is 8.38. The highest BCUT2D eigenvalue weighted by molar-refractivity contribution is 4.89. The van der Waals surface area contributed by atoms with Crippen molar-refractivity contribution < 1.29 is 4.74 Å². The van der Waals surface area contributed by atoms with Gasteiger partial charge in [0, 0.05) is 18.1 Å². The Bertz CT molecular complexity index is 252. The predicted octanol–water partition coefficient (Wildman–Crippen LogP) is 4.77.